The lowest BCUT2D eigenvalue weighted by Crippen LogP contribution is -2.27. The number of hydrogen-bond acceptors (Lipinski definition) is 3. The maximum absolute atomic E-state index is 12.1. The fourth-order valence-corrected chi connectivity index (χ4v) is 3.78. The Labute approximate surface area is 135 Å². The third-order valence-electron chi connectivity index (χ3n) is 4.17. The number of aliphatic hydroxyl groups is 1. The van der Waals surface area contributed by atoms with Gasteiger partial charge in [-0.15, -0.1) is 11.3 Å². The van der Waals surface area contributed by atoms with Gasteiger partial charge in [0.05, 0.1) is 6.61 Å². The van der Waals surface area contributed by atoms with E-state index in [9.17, 15) is 4.79 Å². The largest absolute Gasteiger partial charge is 0.392 e. The summed E-state index contributed by atoms with van der Waals surface area (Å²) < 4.78 is 0. The molecule has 4 heteroatoms. The molecule has 0 bridgehead atoms. The van der Waals surface area contributed by atoms with Gasteiger partial charge in [-0.1, -0.05) is 24.3 Å². The standard InChI is InChI=1S/C18H21NO2S/c1-12-2-7-17(22-12)15-10-16(15)18(21)19-9-8-13-3-5-14(11-20)6-4-13/h2-7,15-16,20H,8-11H2,1H3,(H,19,21). The molecule has 0 aliphatic heterocycles. The topological polar surface area (TPSA) is 49.3 Å². The smallest absolute Gasteiger partial charge is 0.223 e. The lowest BCUT2D eigenvalue weighted by atomic mass is 10.1. The van der Waals surface area contributed by atoms with E-state index in [0.29, 0.717) is 12.5 Å². The van der Waals surface area contributed by atoms with E-state index in [1.807, 2.05) is 24.3 Å². The number of hydrogen-bond donors (Lipinski definition) is 2. The Hall–Kier alpha value is -1.65. The molecule has 3 nitrogen and oxygen atoms in total. The molecule has 2 atom stereocenters. The van der Waals surface area contributed by atoms with Gasteiger partial charge in [-0.25, -0.2) is 0 Å². The minimum atomic E-state index is 0.0717. The first-order valence-corrected chi connectivity index (χ1v) is 8.51. The average Bonchev–Trinajstić information content (AvgIpc) is 3.22. The molecule has 2 aromatic rings. The van der Waals surface area contributed by atoms with Crippen LogP contribution in [0.4, 0.5) is 0 Å². The molecule has 0 saturated heterocycles. The number of thiophene rings is 1. The first kappa shape index (κ1) is 15.3. The van der Waals surface area contributed by atoms with Gasteiger partial charge in [-0.2, -0.15) is 0 Å². The Morgan fingerprint density at radius 3 is 2.59 bits per heavy atom. The molecule has 1 fully saturated rings. The highest BCUT2D eigenvalue weighted by atomic mass is 32.1. The van der Waals surface area contributed by atoms with Crippen LogP contribution in [0.1, 0.15) is 33.2 Å². The fraction of sp³-hybridized carbons (Fsp3) is 0.389. The van der Waals surface area contributed by atoms with E-state index >= 15 is 0 Å². The SMILES string of the molecule is Cc1ccc(C2CC2C(=O)NCCc2ccc(CO)cc2)s1. The van der Waals surface area contributed by atoms with Crippen molar-refractivity contribution in [2.75, 3.05) is 6.54 Å². The number of aliphatic hydroxyl groups excluding tert-OH is 1. The van der Waals surface area contributed by atoms with Crippen molar-refractivity contribution in [1.29, 1.82) is 0 Å². The van der Waals surface area contributed by atoms with Crippen molar-refractivity contribution in [2.45, 2.75) is 32.3 Å². The zero-order valence-corrected chi connectivity index (χ0v) is 13.5. The summed E-state index contributed by atoms with van der Waals surface area (Å²) in [6.07, 6.45) is 1.81. The van der Waals surface area contributed by atoms with Crippen molar-refractivity contribution < 1.29 is 9.90 Å². The van der Waals surface area contributed by atoms with Crippen molar-refractivity contribution in [3.8, 4) is 0 Å². The normalized spacial score (nSPS) is 19.9. The molecule has 1 aliphatic carbocycles. The van der Waals surface area contributed by atoms with E-state index in [1.54, 1.807) is 11.3 Å². The van der Waals surface area contributed by atoms with Crippen LogP contribution in [0.25, 0.3) is 0 Å². The molecule has 22 heavy (non-hydrogen) atoms. The van der Waals surface area contributed by atoms with Gasteiger partial charge in [0.15, 0.2) is 0 Å². The van der Waals surface area contributed by atoms with E-state index in [-0.39, 0.29) is 18.4 Å². The molecule has 1 heterocycles. The van der Waals surface area contributed by atoms with Crippen LogP contribution in [0.3, 0.4) is 0 Å². The molecular weight excluding hydrogens is 294 g/mol. The first-order valence-electron chi connectivity index (χ1n) is 7.70. The number of carbonyl (C=O) groups is 1. The molecule has 1 aromatic carbocycles. The van der Waals surface area contributed by atoms with Gasteiger partial charge >= 0.3 is 0 Å². The Morgan fingerprint density at radius 1 is 1.23 bits per heavy atom. The van der Waals surface area contributed by atoms with E-state index in [0.717, 1.165) is 18.4 Å². The number of aryl methyl sites for hydroxylation is 1. The van der Waals surface area contributed by atoms with Gasteiger partial charge < -0.3 is 10.4 Å². The van der Waals surface area contributed by atoms with Crippen LogP contribution in [0.2, 0.25) is 0 Å². The van der Waals surface area contributed by atoms with Crippen LogP contribution in [0, 0.1) is 12.8 Å². The quantitative estimate of drug-likeness (QED) is 0.861. The summed E-state index contributed by atoms with van der Waals surface area (Å²) in [4.78, 5) is 14.8. The van der Waals surface area contributed by atoms with Crippen LogP contribution in [0.15, 0.2) is 36.4 Å². The zero-order chi connectivity index (χ0) is 15.5. The van der Waals surface area contributed by atoms with Crippen molar-refractivity contribution in [1.82, 2.24) is 5.32 Å². The predicted molar refractivity (Wildman–Crippen MR) is 89.0 cm³/mol. The van der Waals surface area contributed by atoms with Gasteiger partial charge in [-0.3, -0.25) is 4.79 Å². The third kappa shape index (κ3) is 3.57. The Kier molecular flexibility index (Phi) is 4.60. The van der Waals surface area contributed by atoms with Gasteiger partial charge in [0.2, 0.25) is 5.91 Å². The minimum Gasteiger partial charge on any atom is -0.392 e. The molecule has 0 radical (unpaired) electrons. The second-order valence-corrected chi connectivity index (χ2v) is 7.23. The van der Waals surface area contributed by atoms with Crippen LogP contribution >= 0.6 is 11.3 Å². The van der Waals surface area contributed by atoms with Crippen LogP contribution in [0.5, 0.6) is 0 Å². The maximum Gasteiger partial charge on any atom is 0.223 e. The molecule has 2 unspecified atom stereocenters. The average molecular weight is 315 g/mol. The van der Waals surface area contributed by atoms with E-state index < -0.39 is 0 Å². The lowest BCUT2D eigenvalue weighted by molar-refractivity contribution is -0.122. The summed E-state index contributed by atoms with van der Waals surface area (Å²) in [5.74, 6) is 0.778. The van der Waals surface area contributed by atoms with Gasteiger partial charge in [0.1, 0.15) is 0 Å². The molecule has 116 valence electrons. The molecule has 0 spiro atoms. The van der Waals surface area contributed by atoms with Gasteiger partial charge in [0, 0.05) is 28.1 Å². The molecule has 3 rings (SSSR count). The van der Waals surface area contributed by atoms with Gasteiger partial charge in [0.25, 0.3) is 0 Å². The first-order chi connectivity index (χ1) is 10.7. The number of amides is 1. The highest BCUT2D eigenvalue weighted by Gasteiger charge is 2.44. The highest BCUT2D eigenvalue weighted by molar-refractivity contribution is 7.12. The lowest BCUT2D eigenvalue weighted by Gasteiger charge is -2.05. The summed E-state index contributed by atoms with van der Waals surface area (Å²) in [5.41, 5.74) is 2.10. The van der Waals surface area contributed by atoms with Crippen molar-refractivity contribution >= 4 is 17.2 Å². The Balaban J connectivity index is 1.43. The maximum atomic E-state index is 12.1. The second-order valence-electron chi connectivity index (χ2n) is 5.91. The summed E-state index contributed by atoms with van der Waals surface area (Å²) in [7, 11) is 0. The minimum absolute atomic E-state index is 0.0717. The highest BCUT2D eigenvalue weighted by Crippen LogP contribution is 2.49. The molecule has 1 amide bonds. The number of rotatable bonds is 6. The van der Waals surface area contributed by atoms with Crippen molar-refractivity contribution in [3.63, 3.8) is 0 Å². The Morgan fingerprint density at radius 2 is 1.95 bits per heavy atom. The molecular formula is C18H21NO2S. The predicted octanol–water partition coefficient (Wildman–Crippen LogP) is 3.01. The monoisotopic (exact) mass is 315 g/mol. The fourth-order valence-electron chi connectivity index (χ4n) is 2.72. The Bertz CT molecular complexity index is 647. The number of carbonyl (C=O) groups excluding carboxylic acids is 1. The number of benzene rings is 1. The summed E-state index contributed by atoms with van der Waals surface area (Å²) >= 11 is 1.80. The van der Waals surface area contributed by atoms with Gasteiger partial charge in [-0.05, 0) is 43.0 Å². The van der Waals surface area contributed by atoms with Crippen molar-refractivity contribution in [3.05, 3.63) is 57.3 Å². The number of nitrogens with one attached hydrogen (secondary N) is 1. The summed E-state index contributed by atoms with van der Waals surface area (Å²) in [6, 6.07) is 12.1. The van der Waals surface area contributed by atoms with E-state index in [1.165, 1.54) is 15.3 Å². The summed E-state index contributed by atoms with van der Waals surface area (Å²) in [6.45, 7) is 2.85. The third-order valence-corrected chi connectivity index (χ3v) is 5.30. The van der Waals surface area contributed by atoms with Crippen LogP contribution < -0.4 is 5.32 Å². The van der Waals surface area contributed by atoms with E-state index in [2.05, 4.69) is 24.4 Å². The van der Waals surface area contributed by atoms with Crippen LogP contribution in [-0.2, 0) is 17.8 Å². The summed E-state index contributed by atoms with van der Waals surface area (Å²) in [5, 5.41) is 12.1. The zero-order valence-electron chi connectivity index (χ0n) is 12.7. The molecule has 1 saturated carbocycles. The van der Waals surface area contributed by atoms with E-state index in [4.69, 9.17) is 5.11 Å². The molecule has 1 aliphatic rings. The van der Waals surface area contributed by atoms with Crippen LogP contribution in [-0.4, -0.2) is 17.6 Å². The molecule has 1 aromatic heterocycles. The van der Waals surface area contributed by atoms with Crippen molar-refractivity contribution in [2.24, 2.45) is 5.92 Å². The second kappa shape index (κ2) is 6.63. The molecule has 2 N–H and O–H groups in total.